The van der Waals surface area contributed by atoms with Crippen LogP contribution in [0.1, 0.15) is 74.9 Å². The monoisotopic (exact) mass is 306 g/mol. The molecule has 1 N–H and O–H groups in total. The second-order valence-electron chi connectivity index (χ2n) is 7.46. The molecule has 1 aromatic rings. The second kappa shape index (κ2) is 6.37. The maximum atomic E-state index is 5.12. The van der Waals surface area contributed by atoms with E-state index in [1.54, 1.807) is 4.88 Å². The predicted molar refractivity (Wildman–Crippen MR) is 90.9 cm³/mol. The third-order valence-electron chi connectivity index (χ3n) is 5.17. The number of hydrogen-bond acceptors (Lipinski definition) is 3. The first kappa shape index (κ1) is 15.5. The van der Waals surface area contributed by atoms with Crippen LogP contribution in [0.3, 0.4) is 0 Å². The van der Waals surface area contributed by atoms with Crippen LogP contribution >= 0.6 is 11.3 Å². The standard InChI is InChI=1S/C18H30N2S/c1-4-9-19-18(11-13(2)10-14(3)12-18)17-20-15-7-5-6-8-16(15)21-17/h13-14,19H,4-12H2,1-3H3. The lowest BCUT2D eigenvalue weighted by Gasteiger charge is -2.42. The minimum Gasteiger partial charge on any atom is -0.305 e. The van der Waals surface area contributed by atoms with Crippen molar-refractivity contribution in [1.29, 1.82) is 0 Å². The molecule has 0 spiro atoms. The highest BCUT2D eigenvalue weighted by atomic mass is 32.1. The SMILES string of the molecule is CCCNC1(c2nc3c(s2)CCCC3)CC(C)CC(C)C1. The summed E-state index contributed by atoms with van der Waals surface area (Å²) in [5, 5.41) is 5.32. The van der Waals surface area contributed by atoms with E-state index in [-0.39, 0.29) is 5.54 Å². The van der Waals surface area contributed by atoms with Crippen LogP contribution < -0.4 is 5.32 Å². The Kier molecular flexibility index (Phi) is 4.70. The Hall–Kier alpha value is -0.410. The second-order valence-corrected chi connectivity index (χ2v) is 8.54. The summed E-state index contributed by atoms with van der Waals surface area (Å²) >= 11 is 2.02. The Morgan fingerprint density at radius 1 is 1.19 bits per heavy atom. The van der Waals surface area contributed by atoms with Crippen molar-refractivity contribution in [2.45, 2.75) is 77.7 Å². The first-order valence-electron chi connectivity index (χ1n) is 8.87. The van der Waals surface area contributed by atoms with Gasteiger partial charge in [0.2, 0.25) is 0 Å². The third kappa shape index (κ3) is 3.19. The number of nitrogens with one attached hydrogen (secondary N) is 1. The van der Waals surface area contributed by atoms with Crippen molar-refractivity contribution in [3.63, 3.8) is 0 Å². The fourth-order valence-electron chi connectivity index (χ4n) is 4.44. The van der Waals surface area contributed by atoms with Gasteiger partial charge in [-0.1, -0.05) is 20.8 Å². The van der Waals surface area contributed by atoms with Crippen LogP contribution in [0.15, 0.2) is 0 Å². The molecular weight excluding hydrogens is 276 g/mol. The molecule has 0 bridgehead atoms. The van der Waals surface area contributed by atoms with Gasteiger partial charge in [0.25, 0.3) is 0 Å². The molecule has 2 aliphatic rings. The van der Waals surface area contributed by atoms with Gasteiger partial charge < -0.3 is 5.32 Å². The smallest absolute Gasteiger partial charge is 0.113 e. The largest absolute Gasteiger partial charge is 0.305 e. The highest BCUT2D eigenvalue weighted by molar-refractivity contribution is 7.11. The topological polar surface area (TPSA) is 24.9 Å². The van der Waals surface area contributed by atoms with Crippen molar-refractivity contribution >= 4 is 11.3 Å². The molecule has 2 nitrogen and oxygen atoms in total. The lowest BCUT2D eigenvalue weighted by molar-refractivity contribution is 0.143. The van der Waals surface area contributed by atoms with E-state index in [0.717, 1.165) is 18.4 Å². The van der Waals surface area contributed by atoms with Gasteiger partial charge in [0.15, 0.2) is 0 Å². The van der Waals surface area contributed by atoms with Crippen LogP contribution in [0.4, 0.5) is 0 Å². The summed E-state index contributed by atoms with van der Waals surface area (Å²) in [6.07, 6.45) is 10.3. The molecule has 0 aliphatic heterocycles. The average Bonchev–Trinajstić information content (AvgIpc) is 2.88. The van der Waals surface area contributed by atoms with Gasteiger partial charge in [-0.2, -0.15) is 0 Å². The summed E-state index contributed by atoms with van der Waals surface area (Å²) in [6, 6.07) is 0. The number of rotatable bonds is 4. The van der Waals surface area contributed by atoms with Crippen LogP contribution in [0.2, 0.25) is 0 Å². The van der Waals surface area contributed by atoms with Crippen LogP contribution in [-0.4, -0.2) is 11.5 Å². The van der Waals surface area contributed by atoms with E-state index in [1.165, 1.54) is 62.1 Å². The van der Waals surface area contributed by atoms with Gasteiger partial charge in [0.1, 0.15) is 5.01 Å². The van der Waals surface area contributed by atoms with Crippen molar-refractivity contribution in [3.05, 3.63) is 15.6 Å². The number of thiazole rings is 1. The molecule has 1 fully saturated rings. The van der Waals surface area contributed by atoms with Gasteiger partial charge in [-0.05, 0) is 69.7 Å². The zero-order chi connectivity index (χ0) is 14.9. The molecule has 3 rings (SSSR count). The molecule has 2 atom stereocenters. The fraction of sp³-hybridized carbons (Fsp3) is 0.833. The molecule has 118 valence electrons. The Balaban J connectivity index is 1.92. The van der Waals surface area contributed by atoms with E-state index in [2.05, 4.69) is 26.1 Å². The minimum atomic E-state index is 0.162. The normalized spacial score (nSPS) is 32.9. The molecule has 0 amide bonds. The molecule has 2 unspecified atom stereocenters. The number of hydrogen-bond donors (Lipinski definition) is 1. The molecule has 3 heteroatoms. The van der Waals surface area contributed by atoms with Crippen molar-refractivity contribution in [2.24, 2.45) is 11.8 Å². The average molecular weight is 307 g/mol. The Labute approximate surface area is 133 Å². The van der Waals surface area contributed by atoms with Crippen LogP contribution in [-0.2, 0) is 18.4 Å². The number of aromatic nitrogens is 1. The van der Waals surface area contributed by atoms with Crippen LogP contribution in [0.25, 0.3) is 0 Å². The molecule has 1 heterocycles. The molecule has 1 aromatic heterocycles. The van der Waals surface area contributed by atoms with Gasteiger partial charge in [-0.3, -0.25) is 0 Å². The van der Waals surface area contributed by atoms with Gasteiger partial charge in [0.05, 0.1) is 11.2 Å². The summed E-state index contributed by atoms with van der Waals surface area (Å²) in [5.74, 6) is 1.61. The number of nitrogens with zero attached hydrogens (tertiary/aromatic N) is 1. The van der Waals surface area contributed by atoms with E-state index < -0.39 is 0 Å². The maximum Gasteiger partial charge on any atom is 0.113 e. The van der Waals surface area contributed by atoms with Gasteiger partial charge in [-0.15, -0.1) is 11.3 Å². The zero-order valence-corrected chi connectivity index (χ0v) is 14.7. The van der Waals surface area contributed by atoms with Gasteiger partial charge >= 0.3 is 0 Å². The lowest BCUT2D eigenvalue weighted by atomic mass is 9.72. The van der Waals surface area contributed by atoms with Crippen molar-refractivity contribution < 1.29 is 0 Å². The van der Waals surface area contributed by atoms with Gasteiger partial charge in [0, 0.05) is 4.88 Å². The van der Waals surface area contributed by atoms with E-state index >= 15 is 0 Å². The maximum absolute atomic E-state index is 5.12. The molecule has 0 aromatic carbocycles. The quantitative estimate of drug-likeness (QED) is 0.874. The van der Waals surface area contributed by atoms with Crippen molar-refractivity contribution in [2.75, 3.05) is 6.54 Å². The van der Waals surface area contributed by atoms with Crippen molar-refractivity contribution in [3.8, 4) is 0 Å². The summed E-state index contributed by atoms with van der Waals surface area (Å²) < 4.78 is 0. The van der Waals surface area contributed by atoms with Crippen molar-refractivity contribution in [1.82, 2.24) is 10.3 Å². The van der Waals surface area contributed by atoms with E-state index in [4.69, 9.17) is 4.98 Å². The first-order chi connectivity index (χ1) is 10.1. The van der Waals surface area contributed by atoms with E-state index in [9.17, 15) is 0 Å². The zero-order valence-electron chi connectivity index (χ0n) is 13.9. The molecule has 21 heavy (non-hydrogen) atoms. The van der Waals surface area contributed by atoms with Gasteiger partial charge in [-0.25, -0.2) is 4.98 Å². The summed E-state index contributed by atoms with van der Waals surface area (Å²) in [5.41, 5.74) is 1.58. The number of fused-ring (bicyclic) bond motifs is 1. The summed E-state index contributed by atoms with van der Waals surface area (Å²) in [6.45, 7) is 8.23. The molecule has 2 aliphatic carbocycles. The molecular formula is C18H30N2S. The molecule has 0 saturated heterocycles. The van der Waals surface area contributed by atoms with E-state index in [0.29, 0.717) is 0 Å². The minimum absolute atomic E-state index is 0.162. The Morgan fingerprint density at radius 3 is 2.57 bits per heavy atom. The predicted octanol–water partition coefficient (Wildman–Crippen LogP) is 4.67. The fourth-order valence-corrected chi connectivity index (χ4v) is 5.78. The van der Waals surface area contributed by atoms with E-state index in [1.807, 2.05) is 11.3 Å². The Bertz CT molecular complexity index is 446. The van der Waals surface area contributed by atoms with Crippen LogP contribution in [0, 0.1) is 11.8 Å². The lowest BCUT2D eigenvalue weighted by Crippen LogP contribution is -2.48. The first-order valence-corrected chi connectivity index (χ1v) is 9.68. The summed E-state index contributed by atoms with van der Waals surface area (Å²) in [4.78, 5) is 6.71. The Morgan fingerprint density at radius 2 is 1.90 bits per heavy atom. The number of aryl methyl sites for hydroxylation is 2. The third-order valence-corrected chi connectivity index (χ3v) is 6.53. The molecule has 1 saturated carbocycles. The molecule has 0 radical (unpaired) electrons. The highest BCUT2D eigenvalue weighted by Gasteiger charge is 2.41. The summed E-state index contributed by atoms with van der Waals surface area (Å²) in [7, 11) is 0. The highest BCUT2D eigenvalue weighted by Crippen LogP contribution is 2.45. The van der Waals surface area contributed by atoms with Crippen LogP contribution in [0.5, 0.6) is 0 Å².